The number of carbonyl (C=O) groups is 2. The van der Waals surface area contributed by atoms with E-state index in [0.29, 0.717) is 17.7 Å². The van der Waals surface area contributed by atoms with Crippen LogP contribution in [0.5, 0.6) is 0 Å². The molecule has 0 unspecified atom stereocenters. The van der Waals surface area contributed by atoms with Crippen LogP contribution >= 0.6 is 0 Å². The number of rotatable bonds is 9. The Bertz CT molecular complexity index is 776. The molecule has 2 amide bonds. The van der Waals surface area contributed by atoms with Crippen LogP contribution in [-0.4, -0.2) is 43.9 Å². The second kappa shape index (κ2) is 10.6. The van der Waals surface area contributed by atoms with Gasteiger partial charge in [-0.25, -0.2) is 0 Å². The minimum atomic E-state index is -0.159. The first-order chi connectivity index (χ1) is 13.5. The molecule has 0 fully saturated rings. The molecule has 2 aromatic rings. The molecule has 28 heavy (non-hydrogen) atoms. The van der Waals surface area contributed by atoms with Crippen molar-refractivity contribution in [1.82, 2.24) is 10.2 Å². The number of hydrogen-bond acceptors (Lipinski definition) is 3. The number of nitrogens with zero attached hydrogens (tertiary/aromatic N) is 1. The predicted molar refractivity (Wildman–Crippen MR) is 115 cm³/mol. The largest absolute Gasteiger partial charge is 0.352 e. The number of nitrogens with one attached hydrogen (secondary N) is 2. The van der Waals surface area contributed by atoms with Crippen LogP contribution in [0.3, 0.4) is 0 Å². The van der Waals surface area contributed by atoms with Crippen LogP contribution in [0.4, 0.5) is 5.69 Å². The van der Waals surface area contributed by atoms with Gasteiger partial charge in [-0.2, -0.15) is 0 Å². The van der Waals surface area contributed by atoms with Crippen LogP contribution in [-0.2, 0) is 12.8 Å². The zero-order chi connectivity index (χ0) is 20.5. The first-order valence-electron chi connectivity index (χ1n) is 9.91. The van der Waals surface area contributed by atoms with Crippen molar-refractivity contribution in [3.8, 4) is 0 Å². The first-order valence-corrected chi connectivity index (χ1v) is 9.91. The molecule has 2 N–H and O–H groups in total. The Morgan fingerprint density at radius 1 is 0.857 bits per heavy atom. The Hall–Kier alpha value is -2.66. The van der Waals surface area contributed by atoms with Crippen molar-refractivity contribution in [1.29, 1.82) is 0 Å². The van der Waals surface area contributed by atoms with Gasteiger partial charge in [0.05, 0.1) is 0 Å². The number of para-hydroxylation sites is 1. The van der Waals surface area contributed by atoms with Gasteiger partial charge in [0.25, 0.3) is 11.8 Å². The predicted octanol–water partition coefficient (Wildman–Crippen LogP) is 3.75. The van der Waals surface area contributed by atoms with Gasteiger partial charge >= 0.3 is 0 Å². The summed E-state index contributed by atoms with van der Waals surface area (Å²) in [6.07, 6.45) is 2.61. The van der Waals surface area contributed by atoms with Crippen LogP contribution in [0.1, 0.15) is 52.1 Å². The maximum absolute atomic E-state index is 12.7. The van der Waals surface area contributed by atoms with Gasteiger partial charge in [-0.3, -0.25) is 9.59 Å². The molecule has 2 rings (SSSR count). The van der Waals surface area contributed by atoms with Crippen molar-refractivity contribution in [2.45, 2.75) is 33.1 Å². The van der Waals surface area contributed by atoms with E-state index in [1.54, 1.807) is 24.3 Å². The van der Waals surface area contributed by atoms with Crippen LogP contribution in [0, 0.1) is 0 Å². The minimum Gasteiger partial charge on any atom is -0.352 e. The van der Waals surface area contributed by atoms with Crippen LogP contribution in [0.2, 0.25) is 0 Å². The Kier molecular flexibility index (Phi) is 8.20. The average molecular weight is 382 g/mol. The molecule has 0 spiro atoms. The summed E-state index contributed by atoms with van der Waals surface area (Å²) in [6.45, 7) is 5.72. The van der Waals surface area contributed by atoms with Crippen molar-refractivity contribution in [3.05, 3.63) is 64.7 Å². The summed E-state index contributed by atoms with van der Waals surface area (Å²) in [4.78, 5) is 27.0. The van der Waals surface area contributed by atoms with Gasteiger partial charge in [0.2, 0.25) is 0 Å². The maximum Gasteiger partial charge on any atom is 0.255 e. The van der Waals surface area contributed by atoms with Gasteiger partial charge in [-0.1, -0.05) is 32.0 Å². The highest BCUT2D eigenvalue weighted by molar-refractivity contribution is 6.05. The van der Waals surface area contributed by atoms with E-state index in [9.17, 15) is 9.59 Å². The highest BCUT2D eigenvalue weighted by Crippen LogP contribution is 2.23. The summed E-state index contributed by atoms with van der Waals surface area (Å²) in [5.74, 6) is -0.274. The highest BCUT2D eigenvalue weighted by Gasteiger charge is 2.13. The van der Waals surface area contributed by atoms with Gasteiger partial charge in [0, 0.05) is 23.4 Å². The number of aryl methyl sites for hydroxylation is 2. The maximum atomic E-state index is 12.7. The normalized spacial score (nSPS) is 10.8. The standard InChI is InChI=1S/C23H31N3O2/c1-5-17-9-7-10-18(6-2)21(17)25-23(28)20-13-11-19(12-14-20)22(27)24-15-8-16-26(3)4/h7,9-14H,5-6,8,15-16H2,1-4H3,(H,24,27)(H,25,28). The lowest BCUT2D eigenvalue weighted by molar-refractivity contribution is 0.0950. The van der Waals surface area contributed by atoms with Gasteiger partial charge in [-0.15, -0.1) is 0 Å². The van der Waals surface area contributed by atoms with E-state index in [2.05, 4.69) is 29.4 Å². The summed E-state index contributed by atoms with van der Waals surface area (Å²) in [5, 5.41) is 5.96. The summed E-state index contributed by atoms with van der Waals surface area (Å²) in [7, 11) is 4.02. The molecule has 0 bridgehead atoms. The zero-order valence-electron chi connectivity index (χ0n) is 17.3. The van der Waals surface area contributed by atoms with Crippen molar-refractivity contribution in [2.24, 2.45) is 0 Å². The molecular formula is C23H31N3O2. The molecule has 2 aromatic carbocycles. The quantitative estimate of drug-likeness (QED) is 0.651. The number of carbonyl (C=O) groups excluding carboxylic acids is 2. The molecular weight excluding hydrogens is 350 g/mol. The van der Waals surface area contributed by atoms with Gasteiger partial charge in [0.15, 0.2) is 0 Å². The number of anilines is 1. The monoisotopic (exact) mass is 381 g/mol. The molecule has 150 valence electrons. The molecule has 5 heteroatoms. The molecule has 0 atom stereocenters. The lowest BCUT2D eigenvalue weighted by Gasteiger charge is -2.14. The fraction of sp³-hybridized carbons (Fsp3) is 0.391. The van der Waals surface area contributed by atoms with E-state index in [-0.39, 0.29) is 11.8 Å². The Labute approximate surface area is 168 Å². The molecule has 0 aliphatic carbocycles. The fourth-order valence-corrected chi connectivity index (χ4v) is 3.06. The van der Waals surface area contributed by atoms with E-state index in [4.69, 9.17) is 0 Å². The molecule has 0 radical (unpaired) electrons. The average Bonchev–Trinajstić information content (AvgIpc) is 2.71. The number of benzene rings is 2. The Morgan fingerprint density at radius 3 is 1.89 bits per heavy atom. The Balaban J connectivity index is 2.02. The number of hydrogen-bond donors (Lipinski definition) is 2. The lowest BCUT2D eigenvalue weighted by Crippen LogP contribution is -2.27. The van der Waals surface area contributed by atoms with Crippen LogP contribution in [0.15, 0.2) is 42.5 Å². The van der Waals surface area contributed by atoms with Crippen molar-refractivity contribution < 1.29 is 9.59 Å². The first kappa shape index (κ1) is 21.6. The SMILES string of the molecule is CCc1cccc(CC)c1NC(=O)c1ccc(C(=O)NCCCN(C)C)cc1. The third kappa shape index (κ3) is 5.92. The molecule has 0 saturated carbocycles. The van der Waals surface area contributed by atoms with Crippen LogP contribution in [0.25, 0.3) is 0 Å². The van der Waals surface area contributed by atoms with E-state index >= 15 is 0 Å². The zero-order valence-corrected chi connectivity index (χ0v) is 17.3. The molecule has 0 aliphatic heterocycles. The topological polar surface area (TPSA) is 61.4 Å². The summed E-state index contributed by atoms with van der Waals surface area (Å²) in [6, 6.07) is 12.9. The van der Waals surface area contributed by atoms with Crippen molar-refractivity contribution in [2.75, 3.05) is 32.5 Å². The lowest BCUT2D eigenvalue weighted by atomic mass is 10.0. The second-order valence-electron chi connectivity index (χ2n) is 7.10. The summed E-state index contributed by atoms with van der Waals surface area (Å²) < 4.78 is 0. The highest BCUT2D eigenvalue weighted by atomic mass is 16.2. The van der Waals surface area contributed by atoms with Crippen molar-refractivity contribution in [3.63, 3.8) is 0 Å². The molecule has 0 aliphatic rings. The van der Waals surface area contributed by atoms with Crippen molar-refractivity contribution >= 4 is 17.5 Å². The van der Waals surface area contributed by atoms with Gasteiger partial charge in [-0.05, 0) is 75.3 Å². The van der Waals surface area contributed by atoms with Gasteiger partial charge < -0.3 is 15.5 Å². The molecule has 5 nitrogen and oxygen atoms in total. The van der Waals surface area contributed by atoms with Gasteiger partial charge in [0.1, 0.15) is 0 Å². The molecule has 0 saturated heterocycles. The fourth-order valence-electron chi connectivity index (χ4n) is 3.06. The second-order valence-corrected chi connectivity index (χ2v) is 7.10. The van der Waals surface area contributed by atoms with Crippen LogP contribution < -0.4 is 10.6 Å². The molecule has 0 aromatic heterocycles. The smallest absolute Gasteiger partial charge is 0.255 e. The van der Waals surface area contributed by atoms with E-state index in [0.717, 1.165) is 42.6 Å². The summed E-state index contributed by atoms with van der Waals surface area (Å²) >= 11 is 0. The summed E-state index contributed by atoms with van der Waals surface area (Å²) in [5.41, 5.74) is 4.25. The van der Waals surface area contributed by atoms with E-state index in [1.807, 2.05) is 32.3 Å². The van der Waals surface area contributed by atoms with E-state index < -0.39 is 0 Å². The minimum absolute atomic E-state index is 0.115. The third-order valence-corrected chi connectivity index (χ3v) is 4.71. The molecule has 0 heterocycles. The Morgan fingerprint density at radius 2 is 1.39 bits per heavy atom. The number of amides is 2. The third-order valence-electron chi connectivity index (χ3n) is 4.71. The van der Waals surface area contributed by atoms with E-state index in [1.165, 1.54) is 0 Å².